The fourth-order valence-electron chi connectivity index (χ4n) is 5.30. The van der Waals surface area contributed by atoms with Gasteiger partial charge >= 0.3 is 11.9 Å². The lowest BCUT2D eigenvalue weighted by Gasteiger charge is -2.21. The van der Waals surface area contributed by atoms with Gasteiger partial charge in [0.1, 0.15) is 29.1 Å². The third-order valence-corrected chi connectivity index (χ3v) is 8.75. The van der Waals surface area contributed by atoms with Crippen LogP contribution in [0.1, 0.15) is 73.4 Å². The number of carboxylic acid groups (broad SMARTS) is 1. The zero-order valence-electron chi connectivity index (χ0n) is 24.6. The molecule has 1 fully saturated rings. The zero-order valence-corrected chi connectivity index (χ0v) is 25.4. The highest BCUT2D eigenvalue weighted by atomic mass is 32.1. The van der Waals surface area contributed by atoms with E-state index in [1.54, 1.807) is 18.3 Å². The van der Waals surface area contributed by atoms with Gasteiger partial charge in [0.25, 0.3) is 0 Å². The summed E-state index contributed by atoms with van der Waals surface area (Å²) in [7, 11) is 0. The quantitative estimate of drug-likeness (QED) is 0.397. The van der Waals surface area contributed by atoms with Crippen LogP contribution in [0.15, 0.2) is 29.3 Å². The topological polar surface area (TPSA) is 119 Å². The number of carbonyl (C=O) groups excluding carboxylic acids is 1. The number of carbonyl (C=O) groups is 2. The fraction of sp³-hybridized carbons (Fsp3) is 0.500. The van der Waals surface area contributed by atoms with E-state index in [9.17, 15) is 14.7 Å². The monoisotopic (exact) mass is 579 g/mol. The van der Waals surface area contributed by atoms with Gasteiger partial charge in [-0.25, -0.2) is 4.79 Å². The molecule has 0 saturated carbocycles. The Morgan fingerprint density at radius 1 is 1.15 bits per heavy atom. The molecule has 0 spiro atoms. The molecule has 1 aromatic carbocycles. The van der Waals surface area contributed by atoms with Crippen molar-refractivity contribution in [3.8, 4) is 5.00 Å². The number of aliphatic imine (C=N–C) groups is 1. The maximum absolute atomic E-state index is 12.1. The minimum atomic E-state index is -0.934. The molecule has 1 N–H and O–H groups in total. The number of aryl methyl sites for hydroxylation is 2. The van der Waals surface area contributed by atoms with Crippen LogP contribution < -0.4 is 4.90 Å². The van der Waals surface area contributed by atoms with Gasteiger partial charge in [0.2, 0.25) is 0 Å². The predicted molar refractivity (Wildman–Crippen MR) is 157 cm³/mol. The van der Waals surface area contributed by atoms with E-state index in [1.165, 1.54) is 0 Å². The minimum Gasteiger partial charge on any atom is -0.481 e. The lowest BCUT2D eigenvalue weighted by molar-refractivity contribution is -0.161. The molecule has 2 aliphatic heterocycles. The van der Waals surface area contributed by atoms with E-state index in [4.69, 9.17) is 14.5 Å². The molecule has 0 amide bonds. The Morgan fingerprint density at radius 2 is 1.85 bits per heavy atom. The first-order valence-corrected chi connectivity index (χ1v) is 14.7. The van der Waals surface area contributed by atoms with Crippen molar-refractivity contribution in [3.63, 3.8) is 0 Å². The molecule has 0 aliphatic carbocycles. The number of carboxylic acids is 1. The minimum absolute atomic E-state index is 0.0511. The molecule has 11 heteroatoms. The standard InChI is InChI=1S/C30H37N5O5S/c1-16-18(3)41-28-24(16)26(31-25(17(2)29(37)38)27-33-32-19(4)35(27)28)20-8-10-21(11-9-20)34-13-12-22(14-34)39-15-23(36)40-30(5,6)7/h8-11,17,22,25H,12-15H2,1-7H3,(H,37,38)/t17?,22?,25-/m0/s1. The predicted octanol–water partition coefficient (Wildman–Crippen LogP) is 4.80. The molecule has 0 radical (unpaired) electrons. The molecule has 2 unspecified atom stereocenters. The molecule has 2 aliphatic rings. The van der Waals surface area contributed by atoms with E-state index < -0.39 is 23.5 Å². The van der Waals surface area contributed by atoms with Crippen LogP contribution >= 0.6 is 11.3 Å². The lowest BCUT2D eigenvalue weighted by atomic mass is 9.98. The van der Waals surface area contributed by atoms with Crippen LogP contribution in [0.2, 0.25) is 0 Å². The Morgan fingerprint density at radius 3 is 2.51 bits per heavy atom. The first-order valence-electron chi connectivity index (χ1n) is 13.9. The smallest absolute Gasteiger partial charge is 0.332 e. The number of hydrogen-bond acceptors (Lipinski definition) is 9. The molecule has 4 heterocycles. The van der Waals surface area contributed by atoms with Gasteiger partial charge in [0.05, 0.1) is 17.7 Å². The summed E-state index contributed by atoms with van der Waals surface area (Å²) in [6.07, 6.45) is 0.770. The number of hydrogen-bond donors (Lipinski definition) is 1. The summed E-state index contributed by atoms with van der Waals surface area (Å²) in [4.78, 5) is 32.6. The number of fused-ring (bicyclic) bond motifs is 3. The number of esters is 1. The second kappa shape index (κ2) is 11.0. The first kappa shape index (κ1) is 28.9. The summed E-state index contributed by atoms with van der Waals surface area (Å²) < 4.78 is 13.2. The zero-order chi connectivity index (χ0) is 29.6. The van der Waals surface area contributed by atoms with Gasteiger partial charge < -0.3 is 19.5 Å². The maximum atomic E-state index is 12.1. The lowest BCUT2D eigenvalue weighted by Crippen LogP contribution is -2.29. The molecule has 218 valence electrons. The van der Waals surface area contributed by atoms with Crippen molar-refractivity contribution in [2.24, 2.45) is 10.9 Å². The van der Waals surface area contributed by atoms with E-state index >= 15 is 0 Å². The molecule has 5 rings (SSSR count). The number of rotatable bonds is 7. The normalized spacial score (nSPS) is 19.3. The van der Waals surface area contributed by atoms with Gasteiger partial charge in [-0.05, 0) is 72.6 Å². The molecule has 1 saturated heterocycles. The Bertz CT molecular complexity index is 1500. The number of ether oxygens (including phenoxy) is 2. The van der Waals surface area contributed by atoms with Crippen LogP contribution in [-0.4, -0.2) is 68.9 Å². The molecular formula is C30H37N5O5S. The second-order valence-electron chi connectivity index (χ2n) is 11.8. The van der Waals surface area contributed by atoms with Crippen LogP contribution in [0.25, 0.3) is 5.00 Å². The number of aliphatic carboxylic acids is 1. The maximum Gasteiger partial charge on any atom is 0.332 e. The van der Waals surface area contributed by atoms with Gasteiger partial charge in [-0.2, -0.15) is 0 Å². The number of thiophene rings is 1. The van der Waals surface area contributed by atoms with Crippen LogP contribution in [0.4, 0.5) is 5.69 Å². The Balaban J connectivity index is 1.41. The van der Waals surface area contributed by atoms with Crippen LogP contribution in [0, 0.1) is 26.7 Å². The molecule has 2 aromatic heterocycles. The third-order valence-electron chi connectivity index (χ3n) is 7.56. The molecule has 41 heavy (non-hydrogen) atoms. The molecular weight excluding hydrogens is 542 g/mol. The van der Waals surface area contributed by atoms with E-state index in [0.29, 0.717) is 18.2 Å². The van der Waals surface area contributed by atoms with E-state index in [-0.39, 0.29) is 18.7 Å². The largest absolute Gasteiger partial charge is 0.481 e. The van der Waals surface area contributed by atoms with Crippen molar-refractivity contribution >= 4 is 34.7 Å². The Labute approximate surface area is 244 Å². The average molecular weight is 580 g/mol. The van der Waals surface area contributed by atoms with E-state index in [2.05, 4.69) is 41.1 Å². The summed E-state index contributed by atoms with van der Waals surface area (Å²) >= 11 is 1.65. The fourth-order valence-corrected chi connectivity index (χ4v) is 6.52. The summed E-state index contributed by atoms with van der Waals surface area (Å²) in [6, 6.07) is 7.52. The van der Waals surface area contributed by atoms with Crippen molar-refractivity contribution in [2.45, 2.75) is 72.6 Å². The SMILES string of the molecule is Cc1sc2c(c1C)C(c1ccc(N3CCC(OCC(=O)OC(C)(C)C)C3)cc1)=N[C@@H](C(C)C(=O)O)c1nnc(C)n1-2. The van der Waals surface area contributed by atoms with Gasteiger partial charge in [0.15, 0.2) is 5.82 Å². The molecule has 10 nitrogen and oxygen atoms in total. The molecule has 0 bridgehead atoms. The highest BCUT2D eigenvalue weighted by Gasteiger charge is 2.36. The summed E-state index contributed by atoms with van der Waals surface area (Å²) in [5.41, 5.74) is 4.28. The van der Waals surface area contributed by atoms with Crippen LogP contribution in [0.5, 0.6) is 0 Å². The van der Waals surface area contributed by atoms with Gasteiger partial charge in [-0.3, -0.25) is 14.4 Å². The highest BCUT2D eigenvalue weighted by Crippen LogP contribution is 2.40. The van der Waals surface area contributed by atoms with Crippen LogP contribution in [0.3, 0.4) is 0 Å². The summed E-state index contributed by atoms with van der Waals surface area (Å²) in [6.45, 7) is 14.7. The van der Waals surface area contributed by atoms with Crippen molar-refractivity contribution in [1.29, 1.82) is 0 Å². The Kier molecular flexibility index (Phi) is 7.78. The molecule has 3 aromatic rings. The van der Waals surface area contributed by atoms with E-state index in [0.717, 1.165) is 50.9 Å². The van der Waals surface area contributed by atoms with E-state index in [1.807, 2.05) is 44.4 Å². The van der Waals surface area contributed by atoms with Crippen LogP contribution in [-0.2, 0) is 19.1 Å². The van der Waals surface area contributed by atoms with Crippen molar-refractivity contribution in [2.75, 3.05) is 24.6 Å². The second-order valence-corrected chi connectivity index (χ2v) is 13.0. The van der Waals surface area contributed by atoms with Crippen molar-refractivity contribution < 1.29 is 24.2 Å². The average Bonchev–Trinajstić information content (AvgIpc) is 3.58. The highest BCUT2D eigenvalue weighted by molar-refractivity contribution is 7.15. The van der Waals surface area contributed by atoms with Gasteiger partial charge in [-0.15, -0.1) is 21.5 Å². The molecule has 3 atom stereocenters. The number of anilines is 1. The van der Waals surface area contributed by atoms with Crippen molar-refractivity contribution in [3.05, 3.63) is 57.5 Å². The number of nitrogens with zero attached hydrogens (tertiary/aromatic N) is 5. The van der Waals surface area contributed by atoms with Gasteiger partial charge in [0, 0.05) is 34.8 Å². The van der Waals surface area contributed by atoms with Crippen molar-refractivity contribution in [1.82, 2.24) is 14.8 Å². The first-order chi connectivity index (χ1) is 19.3. The number of benzene rings is 1. The third kappa shape index (κ3) is 5.78. The Hall–Kier alpha value is -3.57. The van der Waals surface area contributed by atoms with Gasteiger partial charge in [-0.1, -0.05) is 12.1 Å². The summed E-state index contributed by atoms with van der Waals surface area (Å²) in [5.74, 6) is -0.831. The number of aromatic nitrogens is 3. The summed E-state index contributed by atoms with van der Waals surface area (Å²) in [5, 5.41) is 19.5.